The molecule has 0 aliphatic carbocycles. The number of hydrogen-bond donors (Lipinski definition) is 3. The number of nitrogens with two attached hydrogens (primary N) is 1. The molecule has 4 aromatic heterocycles. The number of pyridine rings is 2. The van der Waals surface area contributed by atoms with Crippen LogP contribution < -0.4 is 16.4 Å². The highest BCUT2D eigenvalue weighted by Crippen LogP contribution is 2.33. The molecule has 0 aliphatic heterocycles. The molecule has 0 saturated carbocycles. The first kappa shape index (κ1) is 18.4. The van der Waals surface area contributed by atoms with Gasteiger partial charge in [-0.2, -0.15) is 0 Å². The van der Waals surface area contributed by atoms with Crippen molar-refractivity contribution in [2.24, 2.45) is 0 Å². The predicted octanol–water partition coefficient (Wildman–Crippen LogP) is 2.91. The van der Waals surface area contributed by atoms with Crippen LogP contribution in [0.4, 0.5) is 11.6 Å². The van der Waals surface area contributed by atoms with E-state index in [1.807, 2.05) is 49.5 Å². The molecule has 29 heavy (non-hydrogen) atoms. The molecule has 4 N–H and O–H groups in total. The van der Waals surface area contributed by atoms with E-state index in [2.05, 4.69) is 36.1 Å². The molecular formula is C21H21N7O. The van der Waals surface area contributed by atoms with Crippen molar-refractivity contribution in [3.05, 3.63) is 72.3 Å². The van der Waals surface area contributed by atoms with Crippen molar-refractivity contribution < 1.29 is 4.79 Å². The van der Waals surface area contributed by atoms with Crippen molar-refractivity contribution in [3.63, 3.8) is 0 Å². The molecule has 1 amide bonds. The fraction of sp³-hybridized carbons (Fsp3) is 0.143. The third kappa shape index (κ3) is 3.36. The number of fused-ring (bicyclic) bond motifs is 1. The van der Waals surface area contributed by atoms with E-state index in [4.69, 9.17) is 5.73 Å². The molecule has 4 heterocycles. The van der Waals surface area contributed by atoms with Gasteiger partial charge in [-0.15, -0.1) is 0 Å². The molecular weight excluding hydrogens is 366 g/mol. The van der Waals surface area contributed by atoms with Gasteiger partial charge in [0.1, 0.15) is 23.5 Å². The number of aromatic nitrogens is 4. The number of carbonyl (C=O) groups excluding carboxylic acids is 1. The molecule has 1 unspecified atom stereocenters. The lowest BCUT2D eigenvalue weighted by atomic mass is 10.1. The van der Waals surface area contributed by atoms with Gasteiger partial charge in [-0.1, -0.05) is 12.1 Å². The average molecular weight is 387 g/mol. The van der Waals surface area contributed by atoms with E-state index in [1.165, 1.54) is 6.33 Å². The third-order valence-corrected chi connectivity index (χ3v) is 4.77. The molecule has 8 heteroatoms. The minimum atomic E-state index is -0.343. The first-order valence-corrected chi connectivity index (χ1v) is 9.20. The quantitative estimate of drug-likeness (QED) is 0.486. The normalized spacial score (nSPS) is 11.9. The van der Waals surface area contributed by atoms with Crippen LogP contribution in [-0.2, 0) is 0 Å². The molecule has 0 aliphatic rings. The predicted molar refractivity (Wildman–Crippen MR) is 113 cm³/mol. The Balaban J connectivity index is 1.81. The SMILES string of the molecule is CNC(=O)c1c(N)ncnc1NC(C)c1cc2ccccn2c1-c1ccccn1. The van der Waals surface area contributed by atoms with E-state index in [9.17, 15) is 4.79 Å². The lowest BCUT2D eigenvalue weighted by Gasteiger charge is -2.18. The van der Waals surface area contributed by atoms with E-state index in [1.54, 1.807) is 13.2 Å². The third-order valence-electron chi connectivity index (χ3n) is 4.77. The van der Waals surface area contributed by atoms with Crippen molar-refractivity contribution in [1.29, 1.82) is 0 Å². The summed E-state index contributed by atoms with van der Waals surface area (Å²) in [4.78, 5) is 25.0. The Labute approximate surface area is 167 Å². The minimum absolute atomic E-state index is 0.126. The number of nitrogens with one attached hydrogen (secondary N) is 2. The van der Waals surface area contributed by atoms with Crippen molar-refractivity contribution in [1.82, 2.24) is 24.7 Å². The molecule has 4 rings (SSSR count). The number of anilines is 2. The number of nitrogen functional groups attached to an aromatic ring is 1. The number of amides is 1. The second-order valence-electron chi connectivity index (χ2n) is 6.59. The number of carbonyl (C=O) groups is 1. The molecule has 0 radical (unpaired) electrons. The van der Waals surface area contributed by atoms with E-state index >= 15 is 0 Å². The molecule has 0 fully saturated rings. The molecule has 8 nitrogen and oxygen atoms in total. The van der Waals surface area contributed by atoms with Crippen LogP contribution in [0.15, 0.2) is 61.2 Å². The standard InChI is InChI=1S/C21H21N7O/c1-13(27-20-17(21(29)23-2)19(22)25-12-26-20)15-11-14-7-4-6-10-28(14)18(15)16-8-3-5-9-24-16/h3-13H,1-2H3,(H,23,29)(H3,22,25,26,27). The van der Waals surface area contributed by atoms with Gasteiger partial charge < -0.3 is 20.8 Å². The summed E-state index contributed by atoms with van der Waals surface area (Å²) in [5, 5.41) is 5.90. The van der Waals surface area contributed by atoms with Gasteiger partial charge in [0.15, 0.2) is 0 Å². The maximum Gasteiger partial charge on any atom is 0.258 e. The summed E-state index contributed by atoms with van der Waals surface area (Å²) in [6.45, 7) is 2.01. The Morgan fingerprint density at radius 3 is 2.72 bits per heavy atom. The number of nitrogens with zero attached hydrogens (tertiary/aromatic N) is 4. The van der Waals surface area contributed by atoms with Gasteiger partial charge in [0.2, 0.25) is 0 Å². The van der Waals surface area contributed by atoms with Crippen LogP contribution in [0, 0.1) is 0 Å². The van der Waals surface area contributed by atoms with Gasteiger partial charge in [-0.25, -0.2) is 9.97 Å². The van der Waals surface area contributed by atoms with Crippen molar-refractivity contribution in [2.75, 3.05) is 18.1 Å². The lowest BCUT2D eigenvalue weighted by molar-refractivity contribution is 0.0964. The highest BCUT2D eigenvalue weighted by molar-refractivity contribution is 6.02. The van der Waals surface area contributed by atoms with E-state index in [0.717, 1.165) is 22.5 Å². The van der Waals surface area contributed by atoms with Crippen LogP contribution in [-0.4, -0.2) is 32.3 Å². The zero-order valence-electron chi connectivity index (χ0n) is 16.1. The molecule has 1 atom stereocenters. The Kier molecular flexibility index (Phi) is 4.82. The maximum absolute atomic E-state index is 12.3. The summed E-state index contributed by atoms with van der Waals surface area (Å²) >= 11 is 0. The van der Waals surface area contributed by atoms with E-state index in [0.29, 0.717) is 5.82 Å². The summed E-state index contributed by atoms with van der Waals surface area (Å²) in [7, 11) is 1.54. The Morgan fingerprint density at radius 2 is 1.97 bits per heavy atom. The summed E-state index contributed by atoms with van der Waals surface area (Å²) in [5.41, 5.74) is 10.1. The second kappa shape index (κ2) is 7.59. The summed E-state index contributed by atoms with van der Waals surface area (Å²) < 4.78 is 2.10. The van der Waals surface area contributed by atoms with Crippen molar-refractivity contribution in [3.8, 4) is 11.4 Å². The molecule has 146 valence electrons. The van der Waals surface area contributed by atoms with Crippen molar-refractivity contribution >= 4 is 23.1 Å². The van der Waals surface area contributed by atoms with Gasteiger partial charge in [-0.05, 0) is 37.3 Å². The van der Waals surface area contributed by atoms with Crippen LogP contribution in [0.2, 0.25) is 0 Å². The smallest absolute Gasteiger partial charge is 0.258 e. The molecule has 0 bridgehead atoms. The van der Waals surface area contributed by atoms with E-state index < -0.39 is 0 Å². The van der Waals surface area contributed by atoms with Gasteiger partial charge in [0.05, 0.1) is 17.4 Å². The first-order valence-electron chi connectivity index (χ1n) is 9.20. The monoisotopic (exact) mass is 387 g/mol. The maximum atomic E-state index is 12.3. The molecule has 0 saturated heterocycles. The first-order chi connectivity index (χ1) is 14.1. The summed E-state index contributed by atoms with van der Waals surface area (Å²) in [6.07, 6.45) is 5.12. The zero-order valence-corrected chi connectivity index (χ0v) is 16.1. The zero-order chi connectivity index (χ0) is 20.4. The molecule has 0 aromatic carbocycles. The Morgan fingerprint density at radius 1 is 1.14 bits per heavy atom. The van der Waals surface area contributed by atoms with Gasteiger partial charge in [-0.3, -0.25) is 9.78 Å². The fourth-order valence-corrected chi connectivity index (χ4v) is 3.39. The van der Waals surface area contributed by atoms with Crippen LogP contribution in [0.5, 0.6) is 0 Å². The van der Waals surface area contributed by atoms with Crippen molar-refractivity contribution in [2.45, 2.75) is 13.0 Å². The Hall–Kier alpha value is -3.94. The largest absolute Gasteiger partial charge is 0.383 e. The average Bonchev–Trinajstić information content (AvgIpc) is 3.14. The van der Waals surface area contributed by atoms with Crippen LogP contribution >= 0.6 is 0 Å². The number of rotatable bonds is 5. The molecule has 4 aromatic rings. The Bertz CT molecular complexity index is 1170. The van der Waals surface area contributed by atoms with Gasteiger partial charge >= 0.3 is 0 Å². The molecule has 0 spiro atoms. The topological polar surface area (TPSA) is 110 Å². The highest BCUT2D eigenvalue weighted by Gasteiger charge is 2.22. The van der Waals surface area contributed by atoms with Crippen LogP contribution in [0.1, 0.15) is 28.9 Å². The minimum Gasteiger partial charge on any atom is -0.383 e. The fourth-order valence-electron chi connectivity index (χ4n) is 3.39. The van der Waals surface area contributed by atoms with Crippen LogP contribution in [0.3, 0.4) is 0 Å². The lowest BCUT2D eigenvalue weighted by Crippen LogP contribution is -2.23. The summed E-state index contributed by atoms with van der Waals surface area (Å²) in [6, 6.07) is 13.8. The van der Waals surface area contributed by atoms with Gasteiger partial charge in [0.25, 0.3) is 5.91 Å². The summed E-state index contributed by atoms with van der Waals surface area (Å²) in [5.74, 6) is 0.164. The number of hydrogen-bond acceptors (Lipinski definition) is 6. The van der Waals surface area contributed by atoms with E-state index in [-0.39, 0.29) is 23.3 Å². The van der Waals surface area contributed by atoms with Gasteiger partial charge in [0, 0.05) is 30.5 Å². The van der Waals surface area contributed by atoms with Crippen LogP contribution in [0.25, 0.3) is 16.9 Å². The highest BCUT2D eigenvalue weighted by atomic mass is 16.1. The second-order valence-corrected chi connectivity index (χ2v) is 6.59.